The average Bonchev–Trinajstić information content (AvgIpc) is 2.42. The quantitative estimate of drug-likeness (QED) is 0.672. The van der Waals surface area contributed by atoms with Crippen LogP contribution in [0.2, 0.25) is 0 Å². The summed E-state index contributed by atoms with van der Waals surface area (Å²) >= 11 is 0. The molecule has 0 aliphatic heterocycles. The molecule has 2 heterocycles. The number of hydrogen-bond donors (Lipinski definition) is 0. The predicted octanol–water partition coefficient (Wildman–Crippen LogP) is 3.07. The second-order valence-electron chi connectivity index (χ2n) is 4.13. The van der Waals surface area contributed by atoms with Gasteiger partial charge in [-0.25, -0.2) is 4.98 Å². The van der Waals surface area contributed by atoms with Crippen LogP contribution in [0.15, 0.2) is 18.3 Å². The topological polar surface area (TPSA) is 17.3 Å². The molecule has 14 heavy (non-hydrogen) atoms. The number of imidazole rings is 1. The second kappa shape index (κ2) is 3.12. The first-order valence-corrected chi connectivity index (χ1v) is 5.05. The number of hydrogen-bond acceptors (Lipinski definition) is 1. The summed E-state index contributed by atoms with van der Waals surface area (Å²) in [6.45, 7) is 8.56. The summed E-state index contributed by atoms with van der Waals surface area (Å²) in [7, 11) is 0. The zero-order chi connectivity index (χ0) is 10.3. The van der Waals surface area contributed by atoms with E-state index in [0.717, 1.165) is 11.3 Å². The molecule has 0 unspecified atom stereocenters. The van der Waals surface area contributed by atoms with Gasteiger partial charge in [0, 0.05) is 11.9 Å². The van der Waals surface area contributed by atoms with Gasteiger partial charge in [0.1, 0.15) is 5.65 Å². The van der Waals surface area contributed by atoms with Crippen molar-refractivity contribution in [3.63, 3.8) is 0 Å². The number of fused-ring (bicyclic) bond motifs is 1. The Balaban J connectivity index is 2.67. The predicted molar refractivity (Wildman–Crippen MR) is 58.8 cm³/mol. The van der Waals surface area contributed by atoms with Crippen LogP contribution in [0, 0.1) is 13.8 Å². The maximum atomic E-state index is 4.52. The molecule has 2 aromatic heterocycles. The molecular weight excluding hydrogens is 172 g/mol. The van der Waals surface area contributed by atoms with Gasteiger partial charge in [0.25, 0.3) is 0 Å². The summed E-state index contributed by atoms with van der Waals surface area (Å²) in [6, 6.07) is 4.34. The lowest BCUT2D eigenvalue weighted by atomic mass is 10.1. The molecule has 0 radical (unpaired) electrons. The van der Waals surface area contributed by atoms with Gasteiger partial charge < -0.3 is 4.40 Å². The first kappa shape index (κ1) is 9.25. The lowest BCUT2D eigenvalue weighted by molar-refractivity contribution is 0.862. The fourth-order valence-electron chi connectivity index (χ4n) is 1.66. The van der Waals surface area contributed by atoms with Crippen LogP contribution in [0.3, 0.4) is 0 Å². The lowest BCUT2D eigenvalue weighted by Crippen LogP contribution is -1.92. The van der Waals surface area contributed by atoms with E-state index >= 15 is 0 Å². The zero-order valence-electron chi connectivity index (χ0n) is 9.20. The minimum Gasteiger partial charge on any atom is -0.304 e. The molecule has 74 valence electrons. The smallest absolute Gasteiger partial charge is 0.137 e. The first-order chi connectivity index (χ1) is 6.59. The second-order valence-corrected chi connectivity index (χ2v) is 4.13. The molecule has 0 N–H and O–H groups in total. The Bertz CT molecular complexity index is 466. The van der Waals surface area contributed by atoms with E-state index in [1.807, 2.05) is 0 Å². The van der Waals surface area contributed by atoms with Gasteiger partial charge in [-0.1, -0.05) is 13.8 Å². The molecule has 2 heteroatoms. The van der Waals surface area contributed by atoms with Crippen molar-refractivity contribution in [3.8, 4) is 0 Å². The van der Waals surface area contributed by atoms with Gasteiger partial charge in [0.05, 0.1) is 5.69 Å². The Hall–Kier alpha value is -1.31. The number of aryl methyl sites for hydroxylation is 2. The summed E-state index contributed by atoms with van der Waals surface area (Å²) in [4.78, 5) is 4.52. The molecule has 0 fully saturated rings. The number of aromatic nitrogens is 2. The van der Waals surface area contributed by atoms with Gasteiger partial charge >= 0.3 is 0 Å². The van der Waals surface area contributed by atoms with E-state index < -0.39 is 0 Å². The van der Waals surface area contributed by atoms with Crippen LogP contribution in [-0.4, -0.2) is 9.38 Å². The van der Waals surface area contributed by atoms with E-state index in [4.69, 9.17) is 0 Å². The Labute approximate surface area is 84.6 Å². The highest BCUT2D eigenvalue weighted by molar-refractivity contribution is 5.46. The summed E-state index contributed by atoms with van der Waals surface area (Å²) < 4.78 is 2.14. The monoisotopic (exact) mass is 188 g/mol. The van der Waals surface area contributed by atoms with Gasteiger partial charge in [-0.15, -0.1) is 0 Å². The molecule has 2 nitrogen and oxygen atoms in total. The highest BCUT2D eigenvalue weighted by atomic mass is 15.0. The van der Waals surface area contributed by atoms with Crippen molar-refractivity contribution in [2.45, 2.75) is 33.6 Å². The standard InChI is InChI=1S/C12H16N2/c1-8(2)11-5-6-14-10(4)9(3)13-12(14)7-11/h5-8H,1-4H3. The van der Waals surface area contributed by atoms with Crippen LogP contribution in [0.25, 0.3) is 5.65 Å². The molecule has 0 spiro atoms. The number of pyridine rings is 1. The average molecular weight is 188 g/mol. The molecule has 0 amide bonds. The van der Waals surface area contributed by atoms with Crippen LogP contribution in [0.5, 0.6) is 0 Å². The highest BCUT2D eigenvalue weighted by Gasteiger charge is 2.05. The van der Waals surface area contributed by atoms with E-state index in [1.165, 1.54) is 11.3 Å². The van der Waals surface area contributed by atoms with E-state index in [0.29, 0.717) is 5.92 Å². The van der Waals surface area contributed by atoms with Crippen LogP contribution < -0.4 is 0 Å². The van der Waals surface area contributed by atoms with Crippen molar-refractivity contribution in [2.75, 3.05) is 0 Å². The Morgan fingerprint density at radius 1 is 1.29 bits per heavy atom. The zero-order valence-corrected chi connectivity index (χ0v) is 9.20. The van der Waals surface area contributed by atoms with Crippen molar-refractivity contribution in [3.05, 3.63) is 35.3 Å². The molecule has 2 rings (SSSR count). The normalized spacial score (nSPS) is 11.5. The van der Waals surface area contributed by atoms with Crippen molar-refractivity contribution >= 4 is 5.65 Å². The molecule has 0 bridgehead atoms. The maximum absolute atomic E-state index is 4.52. The van der Waals surface area contributed by atoms with Crippen molar-refractivity contribution in [1.29, 1.82) is 0 Å². The summed E-state index contributed by atoms with van der Waals surface area (Å²) in [5.41, 5.74) is 4.76. The van der Waals surface area contributed by atoms with E-state index in [-0.39, 0.29) is 0 Å². The molecule has 0 aliphatic carbocycles. The minimum atomic E-state index is 0.567. The van der Waals surface area contributed by atoms with Gasteiger partial charge in [-0.2, -0.15) is 0 Å². The van der Waals surface area contributed by atoms with Crippen molar-refractivity contribution in [1.82, 2.24) is 9.38 Å². The van der Waals surface area contributed by atoms with E-state index in [1.54, 1.807) is 0 Å². The molecule has 0 saturated heterocycles. The fraction of sp³-hybridized carbons (Fsp3) is 0.417. The fourth-order valence-corrected chi connectivity index (χ4v) is 1.66. The van der Waals surface area contributed by atoms with E-state index in [9.17, 15) is 0 Å². The van der Waals surface area contributed by atoms with Crippen LogP contribution >= 0.6 is 0 Å². The highest BCUT2D eigenvalue weighted by Crippen LogP contribution is 2.18. The van der Waals surface area contributed by atoms with Crippen molar-refractivity contribution < 1.29 is 0 Å². The first-order valence-electron chi connectivity index (χ1n) is 5.05. The number of rotatable bonds is 1. The Morgan fingerprint density at radius 2 is 2.00 bits per heavy atom. The van der Waals surface area contributed by atoms with Crippen molar-refractivity contribution in [2.24, 2.45) is 0 Å². The minimum absolute atomic E-state index is 0.567. The largest absolute Gasteiger partial charge is 0.304 e. The summed E-state index contributed by atoms with van der Waals surface area (Å²) in [5, 5.41) is 0. The van der Waals surface area contributed by atoms with Gasteiger partial charge in [-0.3, -0.25) is 0 Å². The van der Waals surface area contributed by atoms with Gasteiger partial charge in [0.15, 0.2) is 0 Å². The third kappa shape index (κ3) is 1.31. The Kier molecular flexibility index (Phi) is 2.06. The third-order valence-electron chi connectivity index (χ3n) is 2.79. The van der Waals surface area contributed by atoms with E-state index in [2.05, 4.69) is 55.4 Å². The summed E-state index contributed by atoms with van der Waals surface area (Å²) in [6.07, 6.45) is 2.11. The van der Waals surface area contributed by atoms with Gasteiger partial charge in [0.2, 0.25) is 0 Å². The molecule has 0 atom stereocenters. The molecule has 0 aliphatic rings. The van der Waals surface area contributed by atoms with Crippen LogP contribution in [0.1, 0.15) is 36.7 Å². The van der Waals surface area contributed by atoms with Crippen LogP contribution in [-0.2, 0) is 0 Å². The molecule has 0 saturated carbocycles. The molecule has 2 aromatic rings. The summed E-state index contributed by atoms with van der Waals surface area (Å²) in [5.74, 6) is 0.567. The van der Waals surface area contributed by atoms with Crippen LogP contribution in [0.4, 0.5) is 0 Å². The maximum Gasteiger partial charge on any atom is 0.137 e. The number of nitrogens with zero attached hydrogens (tertiary/aromatic N) is 2. The SMILES string of the molecule is Cc1nc2cc(C(C)C)ccn2c1C. The molecular formula is C12H16N2. The molecule has 0 aromatic carbocycles. The lowest BCUT2D eigenvalue weighted by Gasteiger charge is -2.05. The Morgan fingerprint density at radius 3 is 2.64 bits per heavy atom. The third-order valence-corrected chi connectivity index (χ3v) is 2.79. The van der Waals surface area contributed by atoms with Gasteiger partial charge in [-0.05, 0) is 37.5 Å².